The summed E-state index contributed by atoms with van der Waals surface area (Å²) >= 11 is 12.5. The minimum Gasteiger partial charge on any atom is -0.490 e. The largest absolute Gasteiger partial charge is 0.490 e. The van der Waals surface area contributed by atoms with Gasteiger partial charge in [-0.15, -0.1) is 0 Å². The lowest BCUT2D eigenvalue weighted by Crippen LogP contribution is -1.97. The second-order valence-corrected chi connectivity index (χ2v) is 5.53. The van der Waals surface area contributed by atoms with Crippen molar-refractivity contribution in [1.29, 1.82) is 0 Å². The predicted molar refractivity (Wildman–Crippen MR) is 87.3 cm³/mol. The van der Waals surface area contributed by atoms with Crippen molar-refractivity contribution in [3.8, 4) is 17.1 Å². The molecule has 1 N–H and O–H groups in total. The molecule has 3 aromatic rings. The second kappa shape index (κ2) is 5.96. The third kappa shape index (κ3) is 2.85. The van der Waals surface area contributed by atoms with Gasteiger partial charge in [0.1, 0.15) is 5.82 Å². The molecule has 0 amide bonds. The Bertz CT molecular complexity index is 727. The number of nitrogens with zero attached hydrogens (tertiary/aromatic N) is 1. The number of aromatic nitrogens is 2. The fraction of sp³-hybridized carbons (Fsp3) is 0.188. The van der Waals surface area contributed by atoms with E-state index in [1.807, 2.05) is 43.3 Å². The standard InChI is InChI=1S/C16H14Cl2N2O/c1-2-7-21-15-11(17)8-10(9-12(15)18)16-19-13-5-3-4-6-14(13)20-16/h3-6,8-9H,2,7H2,1H3,(H,19,20). The van der Waals surface area contributed by atoms with Crippen LogP contribution in [0, 0.1) is 0 Å². The average molecular weight is 321 g/mol. The van der Waals surface area contributed by atoms with Crippen LogP contribution in [0.15, 0.2) is 36.4 Å². The van der Waals surface area contributed by atoms with Crippen molar-refractivity contribution in [3.63, 3.8) is 0 Å². The molecule has 0 fully saturated rings. The van der Waals surface area contributed by atoms with Crippen molar-refractivity contribution in [1.82, 2.24) is 9.97 Å². The quantitative estimate of drug-likeness (QED) is 0.705. The molecule has 108 valence electrons. The van der Waals surface area contributed by atoms with Crippen molar-refractivity contribution < 1.29 is 4.74 Å². The summed E-state index contributed by atoms with van der Waals surface area (Å²) in [6, 6.07) is 11.5. The minimum atomic E-state index is 0.492. The molecule has 0 bridgehead atoms. The Hall–Kier alpha value is -1.71. The number of H-pyrrole nitrogens is 1. The van der Waals surface area contributed by atoms with Crippen LogP contribution in [-0.2, 0) is 0 Å². The molecule has 0 spiro atoms. The fourth-order valence-electron chi connectivity index (χ4n) is 2.13. The minimum absolute atomic E-state index is 0.492. The van der Waals surface area contributed by atoms with E-state index in [1.165, 1.54) is 0 Å². The van der Waals surface area contributed by atoms with Crippen molar-refractivity contribution >= 4 is 34.2 Å². The zero-order valence-corrected chi connectivity index (χ0v) is 13.0. The maximum atomic E-state index is 6.27. The van der Waals surface area contributed by atoms with Crippen LogP contribution in [0.2, 0.25) is 10.0 Å². The smallest absolute Gasteiger partial charge is 0.156 e. The van der Waals surface area contributed by atoms with E-state index in [2.05, 4.69) is 9.97 Å². The normalized spacial score (nSPS) is 11.0. The van der Waals surface area contributed by atoms with Crippen molar-refractivity contribution in [2.24, 2.45) is 0 Å². The molecular weight excluding hydrogens is 307 g/mol. The molecule has 0 saturated carbocycles. The van der Waals surface area contributed by atoms with E-state index in [0.29, 0.717) is 22.4 Å². The van der Waals surface area contributed by atoms with Crippen molar-refractivity contribution in [2.45, 2.75) is 13.3 Å². The van der Waals surface area contributed by atoms with Crippen molar-refractivity contribution in [2.75, 3.05) is 6.61 Å². The summed E-state index contributed by atoms with van der Waals surface area (Å²) < 4.78 is 5.57. The highest BCUT2D eigenvalue weighted by molar-refractivity contribution is 6.37. The lowest BCUT2D eigenvalue weighted by molar-refractivity contribution is 0.318. The molecule has 0 radical (unpaired) electrons. The zero-order chi connectivity index (χ0) is 14.8. The predicted octanol–water partition coefficient (Wildman–Crippen LogP) is 5.33. The first kappa shape index (κ1) is 14.2. The molecule has 0 atom stereocenters. The fourth-order valence-corrected chi connectivity index (χ4v) is 2.72. The van der Waals surface area contributed by atoms with Crippen LogP contribution < -0.4 is 4.74 Å². The number of imidazole rings is 1. The van der Waals surface area contributed by atoms with Gasteiger partial charge < -0.3 is 9.72 Å². The van der Waals surface area contributed by atoms with Gasteiger partial charge >= 0.3 is 0 Å². The topological polar surface area (TPSA) is 37.9 Å². The highest BCUT2D eigenvalue weighted by Gasteiger charge is 2.13. The molecule has 0 aliphatic rings. The molecule has 2 aromatic carbocycles. The second-order valence-electron chi connectivity index (χ2n) is 4.72. The van der Waals surface area contributed by atoms with E-state index >= 15 is 0 Å². The first-order valence-electron chi connectivity index (χ1n) is 6.76. The van der Waals surface area contributed by atoms with Gasteiger partial charge in [-0.3, -0.25) is 0 Å². The number of hydrogen-bond acceptors (Lipinski definition) is 2. The van der Waals surface area contributed by atoms with Gasteiger partial charge in [-0.05, 0) is 30.7 Å². The summed E-state index contributed by atoms with van der Waals surface area (Å²) in [6.07, 6.45) is 0.901. The number of rotatable bonds is 4. The molecule has 21 heavy (non-hydrogen) atoms. The monoisotopic (exact) mass is 320 g/mol. The Morgan fingerprint density at radius 2 is 1.86 bits per heavy atom. The van der Waals surface area contributed by atoms with Crippen molar-refractivity contribution in [3.05, 3.63) is 46.4 Å². The van der Waals surface area contributed by atoms with E-state index in [0.717, 1.165) is 28.8 Å². The van der Waals surface area contributed by atoms with Gasteiger partial charge in [0.2, 0.25) is 0 Å². The maximum absolute atomic E-state index is 6.27. The van der Waals surface area contributed by atoms with Gasteiger partial charge in [-0.1, -0.05) is 42.3 Å². The summed E-state index contributed by atoms with van der Waals surface area (Å²) in [6.45, 7) is 2.62. The summed E-state index contributed by atoms with van der Waals surface area (Å²) in [5, 5.41) is 0.984. The molecule has 0 unspecified atom stereocenters. The lowest BCUT2D eigenvalue weighted by atomic mass is 10.2. The average Bonchev–Trinajstić information content (AvgIpc) is 2.90. The highest BCUT2D eigenvalue weighted by atomic mass is 35.5. The van der Waals surface area contributed by atoms with Gasteiger partial charge in [0.15, 0.2) is 5.75 Å². The van der Waals surface area contributed by atoms with Gasteiger partial charge in [-0.2, -0.15) is 0 Å². The van der Waals surface area contributed by atoms with Gasteiger partial charge in [-0.25, -0.2) is 4.98 Å². The van der Waals surface area contributed by atoms with Gasteiger partial charge in [0, 0.05) is 5.56 Å². The van der Waals surface area contributed by atoms with Crippen LogP contribution in [0.3, 0.4) is 0 Å². The Morgan fingerprint density at radius 1 is 1.14 bits per heavy atom. The van der Waals surface area contributed by atoms with E-state index in [9.17, 15) is 0 Å². The Balaban J connectivity index is 2.02. The summed E-state index contributed by atoms with van der Waals surface area (Å²) in [7, 11) is 0. The van der Waals surface area contributed by atoms with E-state index < -0.39 is 0 Å². The number of fused-ring (bicyclic) bond motifs is 1. The van der Waals surface area contributed by atoms with Gasteiger partial charge in [0.05, 0.1) is 27.7 Å². The number of para-hydroxylation sites is 2. The lowest BCUT2D eigenvalue weighted by Gasteiger charge is -2.10. The molecule has 3 nitrogen and oxygen atoms in total. The molecule has 0 aliphatic carbocycles. The molecule has 1 aromatic heterocycles. The number of benzene rings is 2. The van der Waals surface area contributed by atoms with Crippen LogP contribution >= 0.6 is 23.2 Å². The molecule has 5 heteroatoms. The number of hydrogen-bond donors (Lipinski definition) is 1. The molecular formula is C16H14Cl2N2O. The van der Waals surface area contributed by atoms with Crippen LogP contribution in [0.5, 0.6) is 5.75 Å². The zero-order valence-electron chi connectivity index (χ0n) is 11.5. The maximum Gasteiger partial charge on any atom is 0.156 e. The van der Waals surface area contributed by atoms with Crippen LogP contribution in [0.1, 0.15) is 13.3 Å². The SMILES string of the molecule is CCCOc1c(Cl)cc(-c2nc3ccccc3[nH]2)cc1Cl. The first-order valence-corrected chi connectivity index (χ1v) is 7.51. The molecule has 1 heterocycles. The molecule has 3 rings (SSSR count). The summed E-state index contributed by atoms with van der Waals surface area (Å²) in [4.78, 5) is 7.80. The van der Waals surface area contributed by atoms with E-state index in [1.54, 1.807) is 0 Å². The molecule has 0 aliphatic heterocycles. The summed E-state index contributed by atoms with van der Waals surface area (Å²) in [5.74, 6) is 1.27. The van der Waals surface area contributed by atoms with Crippen LogP contribution in [-0.4, -0.2) is 16.6 Å². The first-order chi connectivity index (χ1) is 10.2. The number of nitrogens with one attached hydrogen (secondary N) is 1. The van der Waals surface area contributed by atoms with Gasteiger partial charge in [0.25, 0.3) is 0 Å². The third-order valence-corrected chi connectivity index (χ3v) is 3.67. The summed E-state index contributed by atoms with van der Waals surface area (Å²) in [5.41, 5.74) is 2.72. The number of aromatic amines is 1. The number of halogens is 2. The van der Waals surface area contributed by atoms with Crippen LogP contribution in [0.25, 0.3) is 22.4 Å². The van der Waals surface area contributed by atoms with E-state index in [4.69, 9.17) is 27.9 Å². The Morgan fingerprint density at radius 3 is 2.52 bits per heavy atom. The van der Waals surface area contributed by atoms with E-state index in [-0.39, 0.29) is 0 Å². The third-order valence-electron chi connectivity index (χ3n) is 3.11. The Labute approximate surface area is 132 Å². The highest BCUT2D eigenvalue weighted by Crippen LogP contribution is 2.37. The van der Waals surface area contributed by atoms with Crippen LogP contribution in [0.4, 0.5) is 0 Å². The molecule has 0 saturated heterocycles. The number of ether oxygens (including phenoxy) is 1. The Kier molecular flexibility index (Phi) is 4.04.